The SMILES string of the molecule is CN1CCC(Nc2ccc(C(=O)O)cc2)C1=O. The molecule has 1 heterocycles. The van der Waals surface area contributed by atoms with Crippen molar-refractivity contribution in [3.8, 4) is 0 Å². The van der Waals surface area contributed by atoms with Gasteiger partial charge in [-0.05, 0) is 30.7 Å². The third kappa shape index (κ3) is 2.38. The van der Waals surface area contributed by atoms with Crippen molar-refractivity contribution in [1.82, 2.24) is 4.90 Å². The first-order chi connectivity index (χ1) is 8.08. The molecule has 0 saturated carbocycles. The lowest BCUT2D eigenvalue weighted by molar-refractivity contribution is -0.127. The zero-order valence-electron chi connectivity index (χ0n) is 9.51. The fourth-order valence-corrected chi connectivity index (χ4v) is 1.87. The summed E-state index contributed by atoms with van der Waals surface area (Å²) in [7, 11) is 1.78. The molecule has 0 aliphatic carbocycles. The molecule has 1 aromatic carbocycles. The number of aromatic carboxylic acids is 1. The zero-order valence-corrected chi connectivity index (χ0v) is 9.51. The molecule has 1 amide bonds. The second-order valence-corrected chi connectivity index (χ2v) is 4.13. The zero-order chi connectivity index (χ0) is 12.4. The van der Waals surface area contributed by atoms with Crippen LogP contribution in [0.1, 0.15) is 16.8 Å². The van der Waals surface area contributed by atoms with E-state index in [9.17, 15) is 9.59 Å². The Morgan fingerprint density at radius 1 is 1.41 bits per heavy atom. The summed E-state index contributed by atoms with van der Waals surface area (Å²) in [4.78, 5) is 24.0. The van der Waals surface area contributed by atoms with Crippen LogP contribution in [0.15, 0.2) is 24.3 Å². The molecular formula is C12H14N2O3. The number of benzene rings is 1. The molecular weight excluding hydrogens is 220 g/mol. The first-order valence-electron chi connectivity index (χ1n) is 5.43. The molecule has 1 aromatic rings. The number of carbonyl (C=O) groups excluding carboxylic acids is 1. The topological polar surface area (TPSA) is 69.6 Å². The monoisotopic (exact) mass is 234 g/mol. The minimum absolute atomic E-state index is 0.0762. The van der Waals surface area contributed by atoms with Crippen molar-refractivity contribution in [3.05, 3.63) is 29.8 Å². The fourth-order valence-electron chi connectivity index (χ4n) is 1.87. The summed E-state index contributed by atoms with van der Waals surface area (Å²) in [5.41, 5.74) is 1.01. The highest BCUT2D eigenvalue weighted by atomic mass is 16.4. The molecule has 1 aliphatic heterocycles. The van der Waals surface area contributed by atoms with E-state index in [1.165, 1.54) is 12.1 Å². The van der Waals surface area contributed by atoms with Gasteiger partial charge >= 0.3 is 5.97 Å². The normalized spacial score (nSPS) is 19.5. The first-order valence-corrected chi connectivity index (χ1v) is 5.43. The number of hydrogen-bond acceptors (Lipinski definition) is 3. The summed E-state index contributed by atoms with van der Waals surface area (Å²) in [6.07, 6.45) is 0.774. The number of anilines is 1. The van der Waals surface area contributed by atoms with Gasteiger partial charge in [-0.2, -0.15) is 0 Å². The highest BCUT2D eigenvalue weighted by Crippen LogP contribution is 2.16. The maximum atomic E-state index is 11.7. The first kappa shape index (κ1) is 11.4. The van der Waals surface area contributed by atoms with Gasteiger partial charge in [0, 0.05) is 19.3 Å². The van der Waals surface area contributed by atoms with E-state index in [1.807, 2.05) is 0 Å². The summed E-state index contributed by atoms with van der Waals surface area (Å²) in [6, 6.07) is 6.20. The Hall–Kier alpha value is -2.04. The molecule has 5 heteroatoms. The lowest BCUT2D eigenvalue weighted by atomic mass is 10.2. The Morgan fingerprint density at radius 2 is 2.06 bits per heavy atom. The van der Waals surface area contributed by atoms with Crippen LogP contribution in [0.4, 0.5) is 5.69 Å². The summed E-state index contributed by atoms with van der Waals surface area (Å²) >= 11 is 0. The van der Waals surface area contributed by atoms with Crippen LogP contribution in [-0.2, 0) is 4.79 Å². The van der Waals surface area contributed by atoms with Gasteiger partial charge in [-0.15, -0.1) is 0 Å². The molecule has 1 atom stereocenters. The van der Waals surface area contributed by atoms with Gasteiger partial charge < -0.3 is 15.3 Å². The number of carboxylic acid groups (broad SMARTS) is 1. The smallest absolute Gasteiger partial charge is 0.335 e. The summed E-state index contributed by atoms with van der Waals surface area (Å²) in [5, 5.41) is 11.9. The van der Waals surface area contributed by atoms with E-state index in [-0.39, 0.29) is 17.5 Å². The Labute approximate surface area is 99.0 Å². The fraction of sp³-hybridized carbons (Fsp3) is 0.333. The second kappa shape index (κ2) is 4.45. The second-order valence-electron chi connectivity index (χ2n) is 4.13. The van der Waals surface area contributed by atoms with Crippen LogP contribution in [0, 0.1) is 0 Å². The molecule has 1 aliphatic rings. The molecule has 0 bridgehead atoms. The average Bonchev–Trinajstić information content (AvgIpc) is 2.62. The number of likely N-dealkylation sites (N-methyl/N-ethyl adjacent to an activating group) is 1. The molecule has 1 saturated heterocycles. The van der Waals surface area contributed by atoms with Gasteiger partial charge in [-0.3, -0.25) is 4.79 Å². The number of nitrogens with zero attached hydrogens (tertiary/aromatic N) is 1. The molecule has 0 spiro atoms. The minimum Gasteiger partial charge on any atom is -0.478 e. The number of nitrogens with one attached hydrogen (secondary N) is 1. The Morgan fingerprint density at radius 3 is 2.53 bits per heavy atom. The quantitative estimate of drug-likeness (QED) is 0.819. The molecule has 2 rings (SSSR count). The van der Waals surface area contributed by atoms with Crippen molar-refractivity contribution in [2.45, 2.75) is 12.5 Å². The molecule has 2 N–H and O–H groups in total. The maximum absolute atomic E-state index is 11.7. The lowest BCUT2D eigenvalue weighted by Gasteiger charge is -2.13. The lowest BCUT2D eigenvalue weighted by Crippen LogP contribution is -2.30. The van der Waals surface area contributed by atoms with Crippen LogP contribution in [0.3, 0.4) is 0 Å². The van der Waals surface area contributed by atoms with E-state index in [1.54, 1.807) is 24.1 Å². The number of rotatable bonds is 3. The van der Waals surface area contributed by atoms with E-state index in [0.717, 1.165) is 18.7 Å². The number of carbonyl (C=O) groups is 2. The van der Waals surface area contributed by atoms with Gasteiger partial charge in [-0.1, -0.05) is 0 Å². The van der Waals surface area contributed by atoms with Gasteiger partial charge in [0.15, 0.2) is 0 Å². The van der Waals surface area contributed by atoms with Crippen molar-refractivity contribution >= 4 is 17.6 Å². The van der Waals surface area contributed by atoms with Crippen molar-refractivity contribution in [3.63, 3.8) is 0 Å². The molecule has 0 aromatic heterocycles. The third-order valence-electron chi connectivity index (χ3n) is 2.90. The van der Waals surface area contributed by atoms with Gasteiger partial charge in [0.05, 0.1) is 5.56 Å². The molecule has 90 valence electrons. The van der Waals surface area contributed by atoms with Crippen LogP contribution >= 0.6 is 0 Å². The largest absolute Gasteiger partial charge is 0.478 e. The van der Waals surface area contributed by atoms with Crippen molar-refractivity contribution in [2.75, 3.05) is 18.9 Å². The predicted molar refractivity (Wildman–Crippen MR) is 63.1 cm³/mol. The van der Waals surface area contributed by atoms with Crippen LogP contribution in [0.25, 0.3) is 0 Å². The molecule has 5 nitrogen and oxygen atoms in total. The summed E-state index contributed by atoms with van der Waals surface area (Å²) in [5.74, 6) is -0.875. The third-order valence-corrected chi connectivity index (χ3v) is 2.90. The van der Waals surface area contributed by atoms with Crippen LogP contribution < -0.4 is 5.32 Å². The summed E-state index contributed by atoms with van der Waals surface area (Å²) < 4.78 is 0. The number of likely N-dealkylation sites (tertiary alicyclic amines) is 1. The predicted octanol–water partition coefficient (Wildman–Crippen LogP) is 1.03. The molecule has 1 unspecified atom stereocenters. The maximum Gasteiger partial charge on any atom is 0.335 e. The van der Waals surface area contributed by atoms with Gasteiger partial charge in [-0.25, -0.2) is 4.79 Å². The van der Waals surface area contributed by atoms with Gasteiger partial charge in [0.1, 0.15) is 6.04 Å². The number of carboxylic acids is 1. The van der Waals surface area contributed by atoms with E-state index in [4.69, 9.17) is 5.11 Å². The molecule has 1 fully saturated rings. The van der Waals surface area contributed by atoms with Crippen LogP contribution in [0.2, 0.25) is 0 Å². The molecule has 17 heavy (non-hydrogen) atoms. The standard InChI is InChI=1S/C12H14N2O3/c1-14-7-6-10(11(14)15)13-9-4-2-8(3-5-9)12(16)17/h2-5,10,13H,6-7H2,1H3,(H,16,17). The number of amides is 1. The van der Waals surface area contributed by atoms with Gasteiger partial charge in [0.25, 0.3) is 0 Å². The van der Waals surface area contributed by atoms with Crippen molar-refractivity contribution in [1.29, 1.82) is 0 Å². The average molecular weight is 234 g/mol. The van der Waals surface area contributed by atoms with Gasteiger partial charge in [0.2, 0.25) is 5.91 Å². The summed E-state index contributed by atoms with van der Waals surface area (Å²) in [6.45, 7) is 0.754. The Bertz CT molecular complexity index is 442. The Balaban J connectivity index is 2.04. The van der Waals surface area contributed by atoms with E-state index in [0.29, 0.717) is 0 Å². The Kier molecular flexibility index (Phi) is 2.99. The molecule has 0 radical (unpaired) electrons. The van der Waals surface area contributed by atoms with Crippen molar-refractivity contribution in [2.24, 2.45) is 0 Å². The highest BCUT2D eigenvalue weighted by molar-refractivity contribution is 5.89. The van der Waals surface area contributed by atoms with E-state index >= 15 is 0 Å². The number of hydrogen-bond donors (Lipinski definition) is 2. The van der Waals surface area contributed by atoms with Crippen molar-refractivity contribution < 1.29 is 14.7 Å². The van der Waals surface area contributed by atoms with Crippen LogP contribution in [0.5, 0.6) is 0 Å². The highest BCUT2D eigenvalue weighted by Gasteiger charge is 2.28. The van der Waals surface area contributed by atoms with E-state index in [2.05, 4.69) is 5.32 Å². The minimum atomic E-state index is -0.951. The van der Waals surface area contributed by atoms with Crippen LogP contribution in [-0.4, -0.2) is 41.5 Å². The van der Waals surface area contributed by atoms with E-state index < -0.39 is 5.97 Å².